The molecule has 0 aromatic heterocycles. The van der Waals surface area contributed by atoms with Crippen LogP contribution >= 0.6 is 0 Å². The number of amides is 1. The maximum Gasteiger partial charge on any atom is 0.411 e. The summed E-state index contributed by atoms with van der Waals surface area (Å²) >= 11 is 0. The van der Waals surface area contributed by atoms with Gasteiger partial charge in [0.2, 0.25) is 0 Å². The Morgan fingerprint density at radius 3 is 2.42 bits per heavy atom. The number of ether oxygens (including phenoxy) is 3. The van der Waals surface area contributed by atoms with Crippen molar-refractivity contribution in [3.05, 3.63) is 48.5 Å². The van der Waals surface area contributed by atoms with Crippen LogP contribution in [0.3, 0.4) is 0 Å². The Balaban J connectivity index is 1.47. The van der Waals surface area contributed by atoms with Crippen molar-refractivity contribution in [2.75, 3.05) is 32.2 Å². The monoisotopic (exact) mass is 427 g/mol. The summed E-state index contributed by atoms with van der Waals surface area (Å²) < 4.78 is 16.0. The zero-order valence-electron chi connectivity index (χ0n) is 17.7. The Bertz CT molecular complexity index is 876. The molecule has 0 aliphatic heterocycles. The number of methoxy groups -OCH3 is 1. The molecule has 0 radical (unpaired) electrons. The zero-order chi connectivity index (χ0) is 22.1. The molecule has 166 valence electrons. The molecule has 1 aliphatic carbocycles. The van der Waals surface area contributed by atoms with Crippen molar-refractivity contribution in [3.63, 3.8) is 0 Å². The highest BCUT2D eigenvalue weighted by Gasteiger charge is 2.23. The van der Waals surface area contributed by atoms with Gasteiger partial charge in [0.25, 0.3) is 0 Å². The first-order valence-corrected chi connectivity index (χ1v) is 10.5. The molecule has 0 spiro atoms. The van der Waals surface area contributed by atoms with Crippen molar-refractivity contribution >= 4 is 17.7 Å². The SMILES string of the molecule is COc1cccc(-c2ccccc2NC(=O)OCC2CCC(COCC(=O)O)CC2)c1. The second-order valence-corrected chi connectivity index (χ2v) is 7.80. The van der Waals surface area contributed by atoms with Gasteiger partial charge in [0.05, 0.1) is 26.0 Å². The smallest absolute Gasteiger partial charge is 0.411 e. The second kappa shape index (κ2) is 11.4. The minimum absolute atomic E-state index is 0.250. The molecule has 7 heteroatoms. The predicted octanol–water partition coefficient (Wildman–Crippen LogP) is 4.82. The van der Waals surface area contributed by atoms with Crippen LogP contribution in [-0.2, 0) is 14.3 Å². The van der Waals surface area contributed by atoms with E-state index in [2.05, 4.69) is 5.32 Å². The van der Waals surface area contributed by atoms with Crippen LogP contribution in [0.2, 0.25) is 0 Å². The molecule has 2 N–H and O–H groups in total. The molecule has 1 aliphatic rings. The molecule has 1 saturated carbocycles. The van der Waals surface area contributed by atoms with Gasteiger partial charge in [-0.25, -0.2) is 9.59 Å². The molecule has 31 heavy (non-hydrogen) atoms. The number of carbonyl (C=O) groups is 2. The molecule has 0 atom stereocenters. The van der Waals surface area contributed by atoms with Gasteiger partial charge in [0.1, 0.15) is 12.4 Å². The van der Waals surface area contributed by atoms with Gasteiger partial charge in [-0.2, -0.15) is 0 Å². The molecule has 1 fully saturated rings. The standard InChI is InChI=1S/C24H29NO6/c1-29-20-6-4-5-19(13-20)21-7-2-3-8-22(21)25-24(28)31-15-18-11-9-17(10-12-18)14-30-16-23(26)27/h2-8,13,17-18H,9-12,14-16H2,1H3,(H,25,28)(H,26,27). The van der Waals surface area contributed by atoms with Crippen molar-refractivity contribution in [2.24, 2.45) is 11.8 Å². The zero-order valence-corrected chi connectivity index (χ0v) is 17.7. The number of hydrogen-bond acceptors (Lipinski definition) is 5. The van der Waals surface area contributed by atoms with Gasteiger partial charge >= 0.3 is 12.1 Å². The van der Waals surface area contributed by atoms with Crippen LogP contribution < -0.4 is 10.1 Å². The fourth-order valence-electron chi connectivity index (χ4n) is 3.85. The fourth-order valence-corrected chi connectivity index (χ4v) is 3.85. The summed E-state index contributed by atoms with van der Waals surface area (Å²) in [5.74, 6) is 0.495. The van der Waals surface area contributed by atoms with Gasteiger partial charge in [-0.3, -0.25) is 5.32 Å². The fraction of sp³-hybridized carbons (Fsp3) is 0.417. The van der Waals surface area contributed by atoms with E-state index in [9.17, 15) is 9.59 Å². The number of rotatable bonds is 9. The van der Waals surface area contributed by atoms with E-state index >= 15 is 0 Å². The molecule has 0 heterocycles. The van der Waals surface area contributed by atoms with Crippen LogP contribution in [0.1, 0.15) is 25.7 Å². The number of benzene rings is 2. The second-order valence-electron chi connectivity index (χ2n) is 7.80. The lowest BCUT2D eigenvalue weighted by Crippen LogP contribution is -2.25. The van der Waals surface area contributed by atoms with Crippen molar-refractivity contribution in [3.8, 4) is 16.9 Å². The Kier molecular flexibility index (Phi) is 8.29. The van der Waals surface area contributed by atoms with Crippen LogP contribution in [0.15, 0.2) is 48.5 Å². The maximum absolute atomic E-state index is 12.4. The number of carbonyl (C=O) groups excluding carboxylic acids is 1. The van der Waals surface area contributed by atoms with E-state index in [1.165, 1.54) is 0 Å². The Hall–Kier alpha value is -3.06. The first-order valence-electron chi connectivity index (χ1n) is 10.5. The summed E-state index contributed by atoms with van der Waals surface area (Å²) in [6, 6.07) is 15.2. The van der Waals surface area contributed by atoms with Crippen molar-refractivity contribution in [2.45, 2.75) is 25.7 Å². The summed E-state index contributed by atoms with van der Waals surface area (Å²) in [4.78, 5) is 22.9. The van der Waals surface area contributed by atoms with E-state index in [4.69, 9.17) is 19.3 Å². The van der Waals surface area contributed by atoms with E-state index < -0.39 is 12.1 Å². The van der Waals surface area contributed by atoms with Crippen LogP contribution in [-0.4, -0.2) is 44.1 Å². The van der Waals surface area contributed by atoms with Crippen LogP contribution in [0.25, 0.3) is 11.1 Å². The molecule has 0 unspecified atom stereocenters. The molecule has 3 rings (SSSR count). The average Bonchev–Trinajstić information content (AvgIpc) is 2.79. The molecular weight excluding hydrogens is 398 g/mol. The van der Waals surface area contributed by atoms with E-state index in [-0.39, 0.29) is 6.61 Å². The molecule has 0 bridgehead atoms. The molecule has 2 aromatic rings. The first kappa shape index (κ1) is 22.6. The van der Waals surface area contributed by atoms with Gasteiger partial charge in [-0.15, -0.1) is 0 Å². The molecule has 2 aromatic carbocycles. The Morgan fingerprint density at radius 2 is 1.71 bits per heavy atom. The number of carboxylic acid groups (broad SMARTS) is 1. The third kappa shape index (κ3) is 7.00. The highest BCUT2D eigenvalue weighted by Crippen LogP contribution is 2.31. The quantitative estimate of drug-likeness (QED) is 0.596. The van der Waals surface area contributed by atoms with Crippen molar-refractivity contribution < 1.29 is 28.9 Å². The molecular formula is C24H29NO6. The summed E-state index contributed by atoms with van der Waals surface area (Å²) in [6.45, 7) is 0.595. The average molecular weight is 427 g/mol. The topological polar surface area (TPSA) is 94.1 Å². The lowest BCUT2D eigenvalue weighted by atomic mass is 9.83. The number of hydrogen-bond donors (Lipinski definition) is 2. The molecule has 0 saturated heterocycles. The van der Waals surface area contributed by atoms with Gasteiger partial charge < -0.3 is 19.3 Å². The Morgan fingerprint density at radius 1 is 1.00 bits per heavy atom. The Labute approximate surface area is 182 Å². The van der Waals surface area contributed by atoms with Gasteiger partial charge in [0.15, 0.2) is 0 Å². The van der Waals surface area contributed by atoms with E-state index in [0.29, 0.717) is 30.7 Å². The lowest BCUT2D eigenvalue weighted by Gasteiger charge is -2.27. The van der Waals surface area contributed by atoms with Gasteiger partial charge in [-0.05, 0) is 61.3 Å². The van der Waals surface area contributed by atoms with E-state index in [0.717, 1.165) is 42.6 Å². The lowest BCUT2D eigenvalue weighted by molar-refractivity contribution is -0.142. The third-order valence-electron chi connectivity index (χ3n) is 5.54. The van der Waals surface area contributed by atoms with Crippen molar-refractivity contribution in [1.29, 1.82) is 0 Å². The maximum atomic E-state index is 12.4. The highest BCUT2D eigenvalue weighted by atomic mass is 16.5. The first-order chi connectivity index (χ1) is 15.0. The molecule has 7 nitrogen and oxygen atoms in total. The highest BCUT2D eigenvalue weighted by molar-refractivity contribution is 5.91. The summed E-state index contributed by atoms with van der Waals surface area (Å²) in [5.41, 5.74) is 2.51. The largest absolute Gasteiger partial charge is 0.497 e. The number of para-hydroxylation sites is 1. The number of nitrogens with one attached hydrogen (secondary N) is 1. The third-order valence-corrected chi connectivity index (χ3v) is 5.54. The minimum atomic E-state index is -0.943. The number of carboxylic acids is 1. The normalized spacial score (nSPS) is 18.2. The predicted molar refractivity (Wildman–Crippen MR) is 117 cm³/mol. The summed E-state index contributed by atoms with van der Waals surface area (Å²) in [6.07, 6.45) is 3.31. The number of anilines is 1. The molecule has 1 amide bonds. The van der Waals surface area contributed by atoms with Crippen LogP contribution in [0, 0.1) is 11.8 Å². The van der Waals surface area contributed by atoms with Crippen LogP contribution in [0.4, 0.5) is 10.5 Å². The van der Waals surface area contributed by atoms with Gasteiger partial charge in [0, 0.05) is 5.56 Å². The number of aliphatic carboxylic acids is 1. The summed E-state index contributed by atoms with van der Waals surface area (Å²) in [7, 11) is 1.62. The van der Waals surface area contributed by atoms with E-state index in [1.54, 1.807) is 7.11 Å². The van der Waals surface area contributed by atoms with Crippen molar-refractivity contribution in [1.82, 2.24) is 0 Å². The van der Waals surface area contributed by atoms with Gasteiger partial charge in [-0.1, -0.05) is 30.3 Å². The van der Waals surface area contributed by atoms with Crippen LogP contribution in [0.5, 0.6) is 5.75 Å². The minimum Gasteiger partial charge on any atom is -0.497 e. The van der Waals surface area contributed by atoms with E-state index in [1.807, 2.05) is 48.5 Å². The summed E-state index contributed by atoms with van der Waals surface area (Å²) in [5, 5.41) is 11.5.